The molecule has 0 aromatic carbocycles. The van der Waals surface area contributed by atoms with Crippen molar-refractivity contribution in [1.29, 1.82) is 0 Å². The summed E-state index contributed by atoms with van der Waals surface area (Å²) in [6.07, 6.45) is 33.3. The number of aromatic nitrogens is 4. The first-order valence-corrected chi connectivity index (χ1v) is 17.3. The van der Waals surface area contributed by atoms with Gasteiger partial charge in [0.25, 0.3) is 0 Å². The Labute approximate surface area is 324 Å². The summed E-state index contributed by atoms with van der Waals surface area (Å²) in [4.78, 5) is 23.4. The third kappa shape index (κ3) is 6.38. The quantitative estimate of drug-likeness (QED) is 0.206. The van der Waals surface area contributed by atoms with Gasteiger partial charge in [-0.2, -0.15) is 0 Å². The second kappa shape index (κ2) is 13.8. The molecule has 0 saturated heterocycles. The normalized spacial score (nSPS) is 17.3. The van der Waals surface area contributed by atoms with E-state index in [0.717, 1.165) is 90.2 Å². The number of hydrogen-bond acceptors (Lipinski definition) is 4. The summed E-state index contributed by atoms with van der Waals surface area (Å²) < 4.78 is 6.11. The molecule has 9 heteroatoms. The van der Waals surface area contributed by atoms with Crippen molar-refractivity contribution >= 4 is 33.9 Å². The molecule has 4 aromatic rings. The van der Waals surface area contributed by atoms with Gasteiger partial charge in [0.2, 0.25) is 0 Å². The van der Waals surface area contributed by atoms with Crippen LogP contribution in [0.2, 0.25) is 0 Å². The topological polar surface area (TPSA) is 66.1 Å². The molecule has 0 fully saturated rings. The fourth-order valence-corrected chi connectivity index (χ4v) is 6.94. The van der Waals surface area contributed by atoms with E-state index in [2.05, 4.69) is 147 Å². The first-order valence-electron chi connectivity index (χ1n) is 17.3. The molecule has 8 bridgehead atoms. The third-order valence-corrected chi connectivity index (χ3v) is 9.68. The van der Waals surface area contributed by atoms with E-state index in [1.54, 1.807) is 0 Å². The summed E-state index contributed by atoms with van der Waals surface area (Å²) in [6, 6.07) is 16.9. The fraction of sp³-hybridized carbons (Fsp3) is 0.0909. The molecule has 0 aliphatic carbocycles. The zero-order valence-electron chi connectivity index (χ0n) is 29.7. The Morgan fingerprint density at radius 1 is 0.453 bits per heavy atom. The predicted molar refractivity (Wildman–Crippen MR) is 204 cm³/mol. The molecule has 9 heterocycles. The first-order chi connectivity index (χ1) is 25.4. The fourth-order valence-electron chi connectivity index (χ4n) is 6.94. The molecule has 0 atom stereocenters. The van der Waals surface area contributed by atoms with Crippen molar-refractivity contribution < 1.29 is 36.1 Å². The minimum absolute atomic E-state index is 0. The molecule has 258 valence electrons. The van der Waals surface area contributed by atoms with E-state index >= 15 is 0 Å². The van der Waals surface area contributed by atoms with Gasteiger partial charge in [-0.3, -0.25) is 0 Å². The van der Waals surface area contributed by atoms with E-state index in [1.807, 2.05) is 46.8 Å². The summed E-state index contributed by atoms with van der Waals surface area (Å²) >= 11 is 0. The van der Waals surface area contributed by atoms with Gasteiger partial charge in [0, 0.05) is 67.0 Å². The van der Waals surface area contributed by atoms with Crippen molar-refractivity contribution in [2.24, 2.45) is 36.1 Å². The average Bonchev–Trinajstić information content (AvgIpc) is 3.99. The number of nitrogens with zero attached hydrogens (tertiary/aromatic N) is 8. The molecule has 53 heavy (non-hydrogen) atoms. The van der Waals surface area contributed by atoms with E-state index in [-0.39, 0.29) is 22.4 Å². The molecule has 0 unspecified atom stereocenters. The molecular weight excluding hydrogens is 838 g/mol. The standard InChI is InChI=1S/C44H36N8.Au/c1-49-21-13-29(14-22-49)41-33-5-7-35(45-33)42(30-15-23-50(2)24-16-30)37-9-11-39(47-37)44(32-19-27-52(4)28-20-32)40-12-10-38(48-40)43(36-8-6-34(41)46-36)31-17-25-51(3)26-18-31;/h5-28H,1-4H3;/q+2;+3. The Morgan fingerprint density at radius 3 is 1.23 bits per heavy atom. The summed E-state index contributed by atoms with van der Waals surface area (Å²) in [5.74, 6) is 0. The number of fused-ring (bicyclic) bond motifs is 5. The van der Waals surface area contributed by atoms with Crippen LogP contribution in [0.5, 0.6) is 0 Å². The molecule has 9 rings (SSSR count). The predicted octanol–water partition coefficient (Wildman–Crippen LogP) is 5.36. The summed E-state index contributed by atoms with van der Waals surface area (Å²) in [5.41, 5.74) is 14.7. The van der Waals surface area contributed by atoms with Crippen molar-refractivity contribution in [3.05, 3.63) is 203 Å². The maximum absolute atomic E-state index is 5.35. The van der Waals surface area contributed by atoms with Gasteiger partial charge >= 0.3 is 22.4 Å². The van der Waals surface area contributed by atoms with E-state index in [0.29, 0.717) is 0 Å². The van der Waals surface area contributed by atoms with Crippen LogP contribution in [0.1, 0.15) is 28.1 Å². The molecule has 0 amide bonds. The molecule has 4 aromatic heterocycles. The van der Waals surface area contributed by atoms with Crippen LogP contribution in [0.3, 0.4) is 0 Å². The Bertz CT molecular complexity index is 2540. The second-order valence-electron chi connectivity index (χ2n) is 13.4. The zero-order valence-corrected chi connectivity index (χ0v) is 31.9. The van der Waals surface area contributed by atoms with Gasteiger partial charge in [0.15, 0.2) is 37.2 Å². The third-order valence-electron chi connectivity index (χ3n) is 9.68. The van der Waals surface area contributed by atoms with Crippen LogP contribution in [0, 0.1) is 0 Å². The summed E-state index contributed by atoms with van der Waals surface area (Å²) in [6.45, 7) is 0. The van der Waals surface area contributed by atoms with Gasteiger partial charge < -0.3 is 9.88 Å². The number of aliphatic imine (C=N–C) groups is 3. The molecular formula is C44H36AuN8+5. The minimum atomic E-state index is 0. The Hall–Kier alpha value is -6.06. The van der Waals surface area contributed by atoms with Gasteiger partial charge in [-0.25, -0.2) is 28.7 Å². The van der Waals surface area contributed by atoms with E-state index in [9.17, 15) is 0 Å². The average molecular weight is 874 g/mol. The van der Waals surface area contributed by atoms with Crippen molar-refractivity contribution in [2.75, 3.05) is 7.05 Å². The van der Waals surface area contributed by atoms with Crippen molar-refractivity contribution in [2.45, 2.75) is 0 Å². The van der Waals surface area contributed by atoms with Gasteiger partial charge in [-0.1, -0.05) is 12.1 Å². The monoisotopic (exact) mass is 873 g/mol. The largest absolute Gasteiger partial charge is 3.00 e. The minimum Gasteiger partial charge on any atom is -0.657 e. The molecule has 5 aliphatic rings. The van der Waals surface area contributed by atoms with Crippen LogP contribution in [-0.4, -0.2) is 29.1 Å². The number of rotatable bonds is 3. The zero-order chi connectivity index (χ0) is 35.3. The van der Waals surface area contributed by atoms with E-state index in [1.165, 1.54) is 0 Å². The van der Waals surface area contributed by atoms with Crippen LogP contribution < -0.4 is 18.7 Å². The second-order valence-corrected chi connectivity index (χ2v) is 13.4. The maximum Gasteiger partial charge on any atom is 3.00 e. The number of allylic oxidation sites excluding steroid dienone is 11. The van der Waals surface area contributed by atoms with Gasteiger partial charge in [-0.15, -0.1) is 11.4 Å². The molecule has 5 aliphatic heterocycles. The van der Waals surface area contributed by atoms with Crippen molar-refractivity contribution in [3.8, 4) is 0 Å². The number of hydrogen-bond donors (Lipinski definition) is 0. The van der Waals surface area contributed by atoms with Crippen LogP contribution in [-0.2, 0) is 43.5 Å². The van der Waals surface area contributed by atoms with Crippen LogP contribution in [0.25, 0.3) is 16.7 Å². The summed E-state index contributed by atoms with van der Waals surface area (Å²) in [7, 11) is 8.10. The van der Waals surface area contributed by atoms with Gasteiger partial charge in [0.1, 0.15) is 21.1 Å². The maximum atomic E-state index is 5.35. The van der Waals surface area contributed by atoms with Crippen LogP contribution in [0.15, 0.2) is 190 Å². The Morgan fingerprint density at radius 2 is 0.811 bits per heavy atom. The van der Waals surface area contributed by atoms with Gasteiger partial charge in [-0.05, 0) is 82.0 Å². The molecule has 0 saturated carbocycles. The van der Waals surface area contributed by atoms with E-state index < -0.39 is 0 Å². The summed E-state index contributed by atoms with van der Waals surface area (Å²) in [5, 5.41) is 0. The van der Waals surface area contributed by atoms with Crippen molar-refractivity contribution in [1.82, 2.24) is 9.88 Å². The first kappa shape index (κ1) is 34.0. The van der Waals surface area contributed by atoms with E-state index in [4.69, 9.17) is 20.0 Å². The van der Waals surface area contributed by atoms with Crippen molar-refractivity contribution in [3.63, 3.8) is 0 Å². The number of pyridine rings is 3. The molecule has 0 radical (unpaired) electrons. The van der Waals surface area contributed by atoms with Crippen LogP contribution >= 0.6 is 0 Å². The molecule has 0 N–H and O–H groups in total. The molecule has 8 nitrogen and oxygen atoms in total. The smallest absolute Gasteiger partial charge is 0.657 e. The van der Waals surface area contributed by atoms with Gasteiger partial charge in [0.05, 0.1) is 34.2 Å². The van der Waals surface area contributed by atoms with Crippen LogP contribution in [0.4, 0.5) is 0 Å². The SMILES string of the molecule is CN1C=CC(=C2C3=NC(=C(c4cc[n+](C)cc4)C4=NC(=C(c5cc[n+](C)cc5)c5ccc([n-]5)C(c5cc[n+](C)cc5)=C5C=CC2=N5)C=C4)C=C3)C=C1.[Au+3]. The number of aryl methyl sites for hydroxylation is 3. The Balaban J connectivity index is 0.00000400. The molecule has 0 spiro atoms. The Kier molecular flexibility index (Phi) is 8.88.